The zero-order valence-electron chi connectivity index (χ0n) is 6.69. The number of hydrogen-bond donors (Lipinski definition) is 0. The number of hydrogen-bond acceptors (Lipinski definition) is 2. The third kappa shape index (κ3) is 4.11. The van der Waals surface area contributed by atoms with E-state index in [0.29, 0.717) is 6.61 Å². The van der Waals surface area contributed by atoms with Crippen LogP contribution in [0, 0.1) is 0 Å². The van der Waals surface area contributed by atoms with Crippen molar-refractivity contribution >= 4 is 37.8 Å². The van der Waals surface area contributed by atoms with Crippen molar-refractivity contribution in [3.05, 3.63) is 0 Å². The van der Waals surface area contributed by atoms with Gasteiger partial charge in [-0.05, 0) is 20.3 Å². The fourth-order valence-electron chi connectivity index (χ4n) is 0.561. The number of rotatable bonds is 4. The molecule has 66 valence electrons. The molecule has 0 spiro atoms. The number of halogens is 2. The molecule has 0 bridgehead atoms. The van der Waals surface area contributed by atoms with E-state index in [9.17, 15) is 4.79 Å². The molecule has 0 saturated heterocycles. The number of ether oxygens (including phenoxy) is 1. The van der Waals surface area contributed by atoms with Gasteiger partial charge in [-0.1, -0.05) is 31.9 Å². The van der Waals surface area contributed by atoms with Crippen LogP contribution in [0.5, 0.6) is 0 Å². The average molecular weight is 288 g/mol. The van der Waals surface area contributed by atoms with E-state index in [0.717, 1.165) is 11.8 Å². The van der Waals surface area contributed by atoms with Crippen LogP contribution in [0.1, 0.15) is 20.3 Å². The zero-order valence-corrected chi connectivity index (χ0v) is 9.87. The van der Waals surface area contributed by atoms with Crippen LogP contribution >= 0.6 is 31.9 Å². The molecule has 0 fully saturated rings. The van der Waals surface area contributed by atoms with Crippen molar-refractivity contribution in [2.45, 2.75) is 24.6 Å². The molecule has 4 heteroatoms. The van der Waals surface area contributed by atoms with E-state index in [2.05, 4.69) is 31.9 Å². The van der Waals surface area contributed by atoms with Gasteiger partial charge in [-0.2, -0.15) is 0 Å². The van der Waals surface area contributed by atoms with Crippen LogP contribution in [0.3, 0.4) is 0 Å². The molecule has 0 amide bonds. The number of carbonyl (C=O) groups is 1. The lowest BCUT2D eigenvalue weighted by Gasteiger charge is -2.18. The van der Waals surface area contributed by atoms with Crippen molar-refractivity contribution in [2.24, 2.45) is 0 Å². The van der Waals surface area contributed by atoms with Crippen LogP contribution in [0.25, 0.3) is 0 Å². The maximum atomic E-state index is 11.2. The summed E-state index contributed by atoms with van der Waals surface area (Å²) >= 11 is 6.57. The summed E-state index contributed by atoms with van der Waals surface area (Å²) in [6.45, 7) is 4.05. The third-order valence-corrected chi connectivity index (χ3v) is 2.38. The maximum Gasteiger partial charge on any atom is 0.322 e. The first-order valence-electron chi connectivity index (χ1n) is 3.46. The monoisotopic (exact) mass is 286 g/mol. The second kappa shape index (κ2) is 5.14. The highest BCUT2D eigenvalue weighted by Gasteiger charge is 2.30. The Hall–Kier alpha value is 0.430. The van der Waals surface area contributed by atoms with E-state index in [-0.39, 0.29) is 5.97 Å². The molecule has 0 aromatic carbocycles. The molecule has 0 aromatic rings. The summed E-state index contributed by atoms with van der Waals surface area (Å²) in [5.74, 6) is -0.195. The largest absolute Gasteiger partial charge is 0.465 e. The lowest BCUT2D eigenvalue weighted by Crippen LogP contribution is -2.30. The predicted octanol–water partition coefficient (Wildman–Crippen LogP) is 2.49. The summed E-state index contributed by atoms with van der Waals surface area (Å²) < 4.78 is 4.32. The summed E-state index contributed by atoms with van der Waals surface area (Å²) in [6, 6.07) is 0. The van der Waals surface area contributed by atoms with Gasteiger partial charge in [0, 0.05) is 5.33 Å². The number of esters is 1. The highest BCUT2D eigenvalue weighted by atomic mass is 79.9. The van der Waals surface area contributed by atoms with E-state index < -0.39 is 4.32 Å². The molecule has 0 aromatic heterocycles. The fraction of sp³-hybridized carbons (Fsp3) is 0.857. The highest BCUT2D eigenvalue weighted by molar-refractivity contribution is 9.10. The van der Waals surface area contributed by atoms with Crippen LogP contribution in [0.2, 0.25) is 0 Å². The summed E-state index contributed by atoms with van der Waals surface area (Å²) in [7, 11) is 0. The van der Waals surface area contributed by atoms with Crippen LogP contribution in [0.4, 0.5) is 0 Å². The van der Waals surface area contributed by atoms with Crippen LogP contribution < -0.4 is 0 Å². The average Bonchev–Trinajstić information content (AvgIpc) is 1.88. The van der Waals surface area contributed by atoms with Crippen molar-refractivity contribution < 1.29 is 9.53 Å². The second-order valence-electron chi connectivity index (χ2n) is 2.36. The second-order valence-corrected chi connectivity index (χ2v) is 4.90. The third-order valence-electron chi connectivity index (χ3n) is 1.27. The highest BCUT2D eigenvalue weighted by Crippen LogP contribution is 2.24. The van der Waals surface area contributed by atoms with Crippen molar-refractivity contribution in [2.75, 3.05) is 11.9 Å². The number of alkyl halides is 2. The summed E-state index contributed by atoms with van der Waals surface area (Å²) in [6.07, 6.45) is 0.728. The van der Waals surface area contributed by atoms with Gasteiger partial charge in [-0.15, -0.1) is 0 Å². The first kappa shape index (κ1) is 11.4. The standard InChI is InChI=1S/C7H12Br2O2/c1-3-11-6(10)7(2,9)4-5-8/h3-5H2,1-2H3. The topological polar surface area (TPSA) is 26.3 Å². The molecule has 1 atom stereocenters. The Kier molecular flexibility index (Phi) is 5.34. The summed E-state index contributed by atoms with van der Waals surface area (Å²) in [5.41, 5.74) is 0. The minimum absolute atomic E-state index is 0.195. The Morgan fingerprint density at radius 1 is 1.64 bits per heavy atom. The molecular formula is C7H12Br2O2. The molecule has 0 saturated carbocycles. The van der Waals surface area contributed by atoms with E-state index in [1.165, 1.54) is 0 Å². The van der Waals surface area contributed by atoms with Gasteiger partial charge in [0.2, 0.25) is 0 Å². The SMILES string of the molecule is CCOC(=O)C(C)(Br)CCBr. The van der Waals surface area contributed by atoms with Gasteiger partial charge in [-0.25, -0.2) is 0 Å². The Morgan fingerprint density at radius 2 is 2.18 bits per heavy atom. The molecular weight excluding hydrogens is 276 g/mol. The molecule has 0 aliphatic carbocycles. The first-order chi connectivity index (χ1) is 5.04. The molecule has 0 heterocycles. The normalized spacial score (nSPS) is 15.6. The van der Waals surface area contributed by atoms with E-state index in [1.54, 1.807) is 6.92 Å². The summed E-state index contributed by atoms with van der Waals surface area (Å²) in [4.78, 5) is 11.2. The lowest BCUT2D eigenvalue weighted by molar-refractivity contribution is -0.145. The quantitative estimate of drug-likeness (QED) is 0.587. The van der Waals surface area contributed by atoms with Gasteiger partial charge in [-0.3, -0.25) is 4.79 Å². The van der Waals surface area contributed by atoms with Crippen LogP contribution in [-0.2, 0) is 9.53 Å². The van der Waals surface area contributed by atoms with Gasteiger partial charge in [0.15, 0.2) is 0 Å². The van der Waals surface area contributed by atoms with Gasteiger partial charge in [0.05, 0.1) is 6.61 Å². The molecule has 0 rings (SSSR count). The van der Waals surface area contributed by atoms with Crippen LogP contribution in [0.15, 0.2) is 0 Å². The van der Waals surface area contributed by atoms with E-state index in [4.69, 9.17) is 4.74 Å². The van der Waals surface area contributed by atoms with Gasteiger partial charge < -0.3 is 4.74 Å². The van der Waals surface area contributed by atoms with Gasteiger partial charge in [0.1, 0.15) is 4.32 Å². The Labute approximate surface area is 83.9 Å². The van der Waals surface area contributed by atoms with E-state index in [1.807, 2.05) is 6.92 Å². The number of carbonyl (C=O) groups excluding carboxylic acids is 1. The molecule has 1 unspecified atom stereocenters. The van der Waals surface area contributed by atoms with Crippen molar-refractivity contribution in [1.82, 2.24) is 0 Å². The molecule has 0 N–H and O–H groups in total. The van der Waals surface area contributed by atoms with E-state index >= 15 is 0 Å². The lowest BCUT2D eigenvalue weighted by atomic mass is 10.1. The Bertz CT molecular complexity index is 134. The minimum Gasteiger partial charge on any atom is -0.465 e. The Morgan fingerprint density at radius 3 is 2.55 bits per heavy atom. The molecule has 2 nitrogen and oxygen atoms in total. The smallest absolute Gasteiger partial charge is 0.322 e. The zero-order chi connectivity index (χ0) is 8.91. The minimum atomic E-state index is -0.535. The molecule has 0 aliphatic heterocycles. The van der Waals surface area contributed by atoms with Gasteiger partial charge in [0.25, 0.3) is 0 Å². The first-order valence-corrected chi connectivity index (χ1v) is 5.38. The van der Waals surface area contributed by atoms with Gasteiger partial charge >= 0.3 is 5.97 Å². The fourth-order valence-corrected chi connectivity index (χ4v) is 2.20. The Balaban J connectivity index is 3.94. The van der Waals surface area contributed by atoms with Crippen molar-refractivity contribution in [3.8, 4) is 0 Å². The molecule has 0 radical (unpaired) electrons. The maximum absolute atomic E-state index is 11.2. The van der Waals surface area contributed by atoms with Crippen LogP contribution in [-0.4, -0.2) is 22.2 Å². The van der Waals surface area contributed by atoms with Crippen molar-refractivity contribution in [3.63, 3.8) is 0 Å². The molecule has 0 aliphatic rings. The summed E-state index contributed by atoms with van der Waals surface area (Å²) in [5, 5.41) is 0.785. The molecule has 11 heavy (non-hydrogen) atoms. The predicted molar refractivity (Wildman–Crippen MR) is 52.4 cm³/mol. The van der Waals surface area contributed by atoms with Crippen molar-refractivity contribution in [1.29, 1.82) is 0 Å².